The van der Waals surface area contributed by atoms with Crippen molar-refractivity contribution in [2.75, 3.05) is 7.11 Å². The molecule has 2 aromatic carbocycles. The lowest BCUT2D eigenvalue weighted by molar-refractivity contribution is -0.131. The number of nitrogens with zero attached hydrogens (tertiary/aromatic N) is 2. The SMILES string of the molecule is COc1cc(C)c(C(=C(c2ccc(C=CC(=O)O)cc2)c2ccc3scnc3c2)C2CCC2)cn1. The first-order valence-electron chi connectivity index (χ1n) is 11.6. The summed E-state index contributed by atoms with van der Waals surface area (Å²) in [5.74, 6) is 0.0943. The number of carboxylic acids is 1. The highest BCUT2D eigenvalue weighted by Gasteiger charge is 2.28. The zero-order valence-corrected chi connectivity index (χ0v) is 20.5. The zero-order chi connectivity index (χ0) is 24.4. The minimum absolute atomic E-state index is 0.441. The van der Waals surface area contributed by atoms with E-state index in [0.29, 0.717) is 11.8 Å². The molecule has 35 heavy (non-hydrogen) atoms. The molecule has 6 heteroatoms. The molecule has 5 rings (SSSR count). The third-order valence-electron chi connectivity index (χ3n) is 6.60. The van der Waals surface area contributed by atoms with Crippen LogP contribution in [-0.2, 0) is 4.79 Å². The minimum atomic E-state index is -0.957. The summed E-state index contributed by atoms with van der Waals surface area (Å²) in [4.78, 5) is 20.1. The lowest BCUT2D eigenvalue weighted by atomic mass is 9.72. The topological polar surface area (TPSA) is 72.3 Å². The van der Waals surface area contributed by atoms with Crippen LogP contribution in [0.3, 0.4) is 0 Å². The van der Waals surface area contributed by atoms with Gasteiger partial charge in [-0.25, -0.2) is 14.8 Å². The Bertz CT molecular complexity index is 1450. The van der Waals surface area contributed by atoms with Gasteiger partial charge >= 0.3 is 5.97 Å². The highest BCUT2D eigenvalue weighted by Crippen LogP contribution is 2.46. The lowest BCUT2D eigenvalue weighted by Gasteiger charge is -2.32. The van der Waals surface area contributed by atoms with Crippen molar-refractivity contribution in [1.29, 1.82) is 0 Å². The third kappa shape index (κ3) is 4.75. The van der Waals surface area contributed by atoms with Crippen molar-refractivity contribution in [3.05, 3.63) is 94.1 Å². The number of fused-ring (bicyclic) bond motifs is 1. The molecule has 1 saturated carbocycles. The van der Waals surface area contributed by atoms with Crippen molar-refractivity contribution in [3.63, 3.8) is 0 Å². The Morgan fingerprint density at radius 3 is 2.51 bits per heavy atom. The monoisotopic (exact) mass is 482 g/mol. The molecule has 176 valence electrons. The number of aliphatic carboxylic acids is 1. The normalized spacial score (nSPS) is 14.7. The van der Waals surface area contributed by atoms with Gasteiger partial charge in [-0.3, -0.25) is 0 Å². The van der Waals surface area contributed by atoms with Crippen LogP contribution in [0.15, 0.2) is 66.3 Å². The van der Waals surface area contributed by atoms with E-state index in [1.807, 2.05) is 29.9 Å². The smallest absolute Gasteiger partial charge is 0.328 e. The predicted molar refractivity (Wildman–Crippen MR) is 142 cm³/mol. The molecule has 0 unspecified atom stereocenters. The van der Waals surface area contributed by atoms with Crippen molar-refractivity contribution < 1.29 is 14.6 Å². The van der Waals surface area contributed by atoms with Crippen molar-refractivity contribution >= 4 is 44.7 Å². The summed E-state index contributed by atoms with van der Waals surface area (Å²) >= 11 is 1.64. The Balaban J connectivity index is 1.74. The maximum absolute atomic E-state index is 10.9. The van der Waals surface area contributed by atoms with E-state index in [-0.39, 0.29) is 0 Å². The Morgan fingerprint density at radius 1 is 1.09 bits per heavy atom. The van der Waals surface area contributed by atoms with E-state index in [4.69, 9.17) is 9.84 Å². The number of methoxy groups -OCH3 is 1. The maximum Gasteiger partial charge on any atom is 0.328 e. The number of aromatic nitrogens is 2. The Kier molecular flexibility index (Phi) is 6.47. The number of hydrogen-bond acceptors (Lipinski definition) is 5. The summed E-state index contributed by atoms with van der Waals surface area (Å²) in [5, 5.41) is 8.98. The summed E-state index contributed by atoms with van der Waals surface area (Å²) in [6.45, 7) is 2.11. The standard InChI is InChI=1S/C29H26N2O3S/c1-18-14-26(34-2)30-16-23(18)29(20-4-3-5-20)28(22-11-12-25-24(15-22)31-17-35-25)21-9-6-19(7-10-21)8-13-27(32)33/h6-17,20H,3-5H2,1-2H3,(H,32,33). The molecule has 0 bridgehead atoms. The molecule has 5 nitrogen and oxygen atoms in total. The molecule has 0 spiro atoms. The van der Waals surface area contributed by atoms with Gasteiger partial charge in [-0.1, -0.05) is 36.8 Å². The van der Waals surface area contributed by atoms with Gasteiger partial charge in [0.15, 0.2) is 0 Å². The highest BCUT2D eigenvalue weighted by molar-refractivity contribution is 7.16. The van der Waals surface area contributed by atoms with Gasteiger partial charge in [-0.15, -0.1) is 11.3 Å². The van der Waals surface area contributed by atoms with Crippen LogP contribution < -0.4 is 4.74 Å². The zero-order valence-electron chi connectivity index (χ0n) is 19.7. The number of rotatable bonds is 7. The Labute approximate surface area is 208 Å². The number of allylic oxidation sites excluding steroid dienone is 1. The average Bonchev–Trinajstić information content (AvgIpc) is 3.30. The van der Waals surface area contributed by atoms with Crippen molar-refractivity contribution in [2.45, 2.75) is 26.2 Å². The van der Waals surface area contributed by atoms with Gasteiger partial charge < -0.3 is 9.84 Å². The third-order valence-corrected chi connectivity index (χ3v) is 7.41. The van der Waals surface area contributed by atoms with Gasteiger partial charge in [0.25, 0.3) is 0 Å². The molecule has 4 aromatic rings. The summed E-state index contributed by atoms with van der Waals surface area (Å²) < 4.78 is 6.53. The Hall–Kier alpha value is -3.77. The molecule has 1 N–H and O–H groups in total. The Morgan fingerprint density at radius 2 is 1.86 bits per heavy atom. The van der Waals surface area contributed by atoms with Crippen LogP contribution in [0.4, 0.5) is 0 Å². The lowest BCUT2D eigenvalue weighted by Crippen LogP contribution is -2.16. The highest BCUT2D eigenvalue weighted by atomic mass is 32.1. The number of carboxylic acid groups (broad SMARTS) is 1. The van der Waals surface area contributed by atoms with Crippen LogP contribution in [0.2, 0.25) is 0 Å². The second-order valence-corrected chi connectivity index (χ2v) is 9.67. The fourth-order valence-electron chi connectivity index (χ4n) is 4.60. The van der Waals surface area contributed by atoms with Crippen LogP contribution >= 0.6 is 11.3 Å². The number of ether oxygens (including phenoxy) is 1. The molecule has 0 radical (unpaired) electrons. The molecular formula is C29H26N2O3S. The predicted octanol–water partition coefficient (Wildman–Crippen LogP) is 6.87. The van der Waals surface area contributed by atoms with E-state index in [2.05, 4.69) is 47.2 Å². The molecule has 1 aliphatic rings. The van der Waals surface area contributed by atoms with Crippen LogP contribution in [0.1, 0.15) is 47.1 Å². The van der Waals surface area contributed by atoms with Crippen LogP contribution in [-0.4, -0.2) is 28.2 Å². The van der Waals surface area contributed by atoms with E-state index >= 15 is 0 Å². The van der Waals surface area contributed by atoms with Gasteiger partial charge in [0.1, 0.15) is 0 Å². The number of benzene rings is 2. The van der Waals surface area contributed by atoms with E-state index in [1.165, 1.54) is 17.6 Å². The van der Waals surface area contributed by atoms with Crippen molar-refractivity contribution in [2.24, 2.45) is 5.92 Å². The fraction of sp³-hybridized carbons (Fsp3) is 0.207. The van der Waals surface area contributed by atoms with Gasteiger partial charge in [0.05, 0.1) is 22.8 Å². The van der Waals surface area contributed by atoms with E-state index in [0.717, 1.165) is 57.0 Å². The first-order valence-corrected chi connectivity index (χ1v) is 12.5. The molecule has 0 amide bonds. The minimum Gasteiger partial charge on any atom is -0.481 e. The first kappa shape index (κ1) is 23.0. The summed E-state index contributed by atoms with van der Waals surface area (Å²) in [6, 6.07) is 16.6. The molecular weight excluding hydrogens is 456 g/mol. The van der Waals surface area contributed by atoms with Crippen molar-refractivity contribution in [1.82, 2.24) is 9.97 Å². The molecule has 1 fully saturated rings. The molecule has 0 saturated heterocycles. The largest absolute Gasteiger partial charge is 0.481 e. The number of pyridine rings is 1. The van der Waals surface area contributed by atoms with Crippen LogP contribution in [0.5, 0.6) is 5.88 Å². The summed E-state index contributed by atoms with van der Waals surface area (Å²) in [7, 11) is 1.64. The molecule has 2 heterocycles. The van der Waals surface area contributed by atoms with Gasteiger partial charge in [0, 0.05) is 23.9 Å². The van der Waals surface area contributed by atoms with Crippen LogP contribution in [0.25, 0.3) is 27.4 Å². The summed E-state index contributed by atoms with van der Waals surface area (Å²) in [5.41, 5.74) is 10.7. The first-order chi connectivity index (χ1) is 17.0. The number of carbonyl (C=O) groups is 1. The average molecular weight is 483 g/mol. The van der Waals surface area contributed by atoms with Gasteiger partial charge in [-0.2, -0.15) is 0 Å². The second kappa shape index (κ2) is 9.84. The molecule has 1 aliphatic carbocycles. The fourth-order valence-corrected chi connectivity index (χ4v) is 5.26. The molecule has 0 atom stereocenters. The van der Waals surface area contributed by atoms with Gasteiger partial charge in [-0.05, 0) is 77.3 Å². The number of thiazole rings is 1. The second-order valence-electron chi connectivity index (χ2n) is 8.79. The van der Waals surface area contributed by atoms with E-state index in [9.17, 15) is 4.79 Å². The molecule has 0 aliphatic heterocycles. The summed E-state index contributed by atoms with van der Waals surface area (Å²) in [6.07, 6.45) is 8.21. The van der Waals surface area contributed by atoms with Gasteiger partial charge in [0.2, 0.25) is 5.88 Å². The number of aryl methyl sites for hydroxylation is 1. The molecule has 2 aromatic heterocycles. The quantitative estimate of drug-likeness (QED) is 0.291. The number of hydrogen-bond donors (Lipinski definition) is 1. The van der Waals surface area contributed by atoms with E-state index in [1.54, 1.807) is 24.5 Å². The van der Waals surface area contributed by atoms with Crippen LogP contribution in [0, 0.1) is 12.8 Å². The maximum atomic E-state index is 10.9. The van der Waals surface area contributed by atoms with E-state index < -0.39 is 5.97 Å². The van der Waals surface area contributed by atoms with Crippen molar-refractivity contribution in [3.8, 4) is 5.88 Å².